The van der Waals surface area contributed by atoms with Crippen LogP contribution in [0.3, 0.4) is 0 Å². The first-order chi connectivity index (χ1) is 15.7. The van der Waals surface area contributed by atoms with Gasteiger partial charge in [0.15, 0.2) is 11.5 Å². The molecule has 0 bridgehead atoms. The van der Waals surface area contributed by atoms with Gasteiger partial charge in [0, 0.05) is 19.1 Å². The van der Waals surface area contributed by atoms with E-state index in [1.165, 1.54) is 19.2 Å². The lowest BCUT2D eigenvalue weighted by molar-refractivity contribution is -0.137. The summed E-state index contributed by atoms with van der Waals surface area (Å²) >= 11 is 0. The Hall–Kier alpha value is -2.95. The molecule has 0 aromatic heterocycles. The first-order valence-corrected chi connectivity index (χ1v) is 12.0. The van der Waals surface area contributed by atoms with Crippen molar-refractivity contribution in [3.63, 3.8) is 0 Å². The number of halogens is 3. The van der Waals surface area contributed by atoms with Gasteiger partial charge in [0.1, 0.15) is 4.90 Å². The lowest BCUT2D eigenvalue weighted by Crippen LogP contribution is -2.44. The fraction of sp³-hybridized carbons (Fsp3) is 0.435. The summed E-state index contributed by atoms with van der Waals surface area (Å²) in [6, 6.07) is 7.44. The Balaban J connectivity index is 2.37. The van der Waals surface area contributed by atoms with E-state index in [2.05, 4.69) is 5.32 Å². The molecule has 1 N–H and O–H groups in total. The minimum Gasteiger partial charge on any atom is -0.493 e. The zero-order valence-electron chi connectivity index (χ0n) is 19.6. The Morgan fingerprint density at radius 3 is 2.29 bits per heavy atom. The molecule has 2 aromatic rings. The number of carbonyl (C=O) groups is 1. The van der Waals surface area contributed by atoms with Gasteiger partial charge in [-0.15, -0.1) is 0 Å². The number of benzene rings is 2. The lowest BCUT2D eigenvalue weighted by atomic mass is 10.1. The van der Waals surface area contributed by atoms with Crippen LogP contribution in [0.5, 0.6) is 11.5 Å². The van der Waals surface area contributed by atoms with Gasteiger partial charge in [-0.3, -0.25) is 0 Å². The van der Waals surface area contributed by atoms with Gasteiger partial charge in [-0.25, -0.2) is 4.79 Å². The van der Waals surface area contributed by atoms with Crippen LogP contribution in [-0.2, 0) is 22.8 Å². The molecule has 0 saturated carbocycles. The minimum absolute atomic E-state index is 0.0707. The summed E-state index contributed by atoms with van der Waals surface area (Å²) in [5, 5.41) is 2.83. The summed E-state index contributed by atoms with van der Waals surface area (Å²) in [4.78, 5) is 13.5. The molecular weight excluding hydrogens is 473 g/mol. The molecule has 11 heteroatoms. The highest BCUT2D eigenvalue weighted by Gasteiger charge is 2.32. The third kappa shape index (κ3) is 7.54. The van der Waals surface area contributed by atoms with Crippen molar-refractivity contribution in [2.45, 2.75) is 51.4 Å². The van der Waals surface area contributed by atoms with E-state index in [9.17, 15) is 26.4 Å². The van der Waals surface area contributed by atoms with Crippen molar-refractivity contribution < 1.29 is 35.3 Å². The van der Waals surface area contributed by atoms with Crippen LogP contribution < -0.4 is 14.2 Å². The molecule has 2 amide bonds. The number of methoxy groups -OCH3 is 1. The van der Waals surface area contributed by atoms with E-state index in [0.717, 1.165) is 18.2 Å². The van der Waals surface area contributed by atoms with Crippen molar-refractivity contribution in [3.05, 3.63) is 53.6 Å². The second-order valence-electron chi connectivity index (χ2n) is 8.43. The van der Waals surface area contributed by atoms with Gasteiger partial charge < -0.3 is 19.1 Å². The van der Waals surface area contributed by atoms with E-state index in [-0.39, 0.29) is 36.0 Å². The smallest absolute Gasteiger partial charge is 0.416 e. The quantitative estimate of drug-likeness (QED) is 0.485. The fourth-order valence-electron chi connectivity index (χ4n) is 3.10. The summed E-state index contributed by atoms with van der Waals surface area (Å²) in [6.07, 6.45) is -4.71. The molecule has 34 heavy (non-hydrogen) atoms. The molecule has 2 rings (SSSR count). The zero-order valence-corrected chi connectivity index (χ0v) is 20.5. The average Bonchev–Trinajstić information content (AvgIpc) is 2.72. The molecule has 7 nitrogen and oxygen atoms in total. The van der Waals surface area contributed by atoms with Gasteiger partial charge in [-0.1, -0.05) is 26.0 Å². The summed E-state index contributed by atoms with van der Waals surface area (Å²) in [5.41, 5.74) is -0.562. The lowest BCUT2D eigenvalue weighted by Gasteiger charge is -2.26. The number of nitrogens with one attached hydrogen (secondary N) is 1. The molecule has 2 aromatic carbocycles. The molecule has 0 unspecified atom stereocenters. The maximum Gasteiger partial charge on any atom is 0.416 e. The van der Waals surface area contributed by atoms with Crippen molar-refractivity contribution in [3.8, 4) is 11.5 Å². The van der Waals surface area contributed by atoms with Crippen LogP contribution in [0.25, 0.3) is 0 Å². The molecule has 0 aliphatic rings. The van der Waals surface area contributed by atoms with Crippen molar-refractivity contribution in [2.24, 2.45) is 5.92 Å². The van der Waals surface area contributed by atoms with Crippen LogP contribution in [0, 0.1) is 5.92 Å². The molecule has 0 saturated heterocycles. The Morgan fingerprint density at radius 1 is 1.06 bits per heavy atom. The number of hydrogen-bond acceptors (Lipinski definition) is 5. The van der Waals surface area contributed by atoms with Crippen LogP contribution >= 0.6 is 0 Å². The second kappa shape index (κ2) is 11.0. The van der Waals surface area contributed by atoms with Crippen molar-refractivity contribution in [1.82, 2.24) is 10.2 Å². The minimum atomic E-state index is -4.71. The van der Waals surface area contributed by atoms with E-state index in [1.807, 2.05) is 27.7 Å². The first-order valence-electron chi connectivity index (χ1n) is 10.6. The third-order valence-corrected chi connectivity index (χ3v) is 5.77. The number of alkyl halides is 3. The van der Waals surface area contributed by atoms with E-state index in [1.54, 1.807) is 11.0 Å². The molecule has 0 spiro atoms. The predicted molar refractivity (Wildman–Crippen MR) is 121 cm³/mol. The number of carbonyl (C=O) groups excluding carboxylic acids is 1. The molecule has 0 heterocycles. The Morgan fingerprint density at radius 2 is 1.74 bits per heavy atom. The molecule has 0 atom stereocenters. The maximum atomic E-state index is 13.0. The molecule has 0 radical (unpaired) electrons. The van der Waals surface area contributed by atoms with Crippen molar-refractivity contribution in [2.75, 3.05) is 13.7 Å². The van der Waals surface area contributed by atoms with Gasteiger partial charge in [0.25, 0.3) is 0 Å². The highest BCUT2D eigenvalue weighted by molar-refractivity contribution is 7.87. The number of amides is 2. The number of ether oxygens (including phenoxy) is 1. The SMILES string of the molecule is COc1ccc(CN(CC(C)C)C(=O)NC(C)C)cc1OS(=O)(=O)c1cccc(C(F)(F)F)c1. The highest BCUT2D eigenvalue weighted by atomic mass is 32.2. The van der Waals surface area contributed by atoms with Gasteiger partial charge in [-0.05, 0) is 55.7 Å². The van der Waals surface area contributed by atoms with Gasteiger partial charge in [0.2, 0.25) is 0 Å². The average molecular weight is 503 g/mol. The normalized spacial score (nSPS) is 12.1. The first kappa shape index (κ1) is 27.3. The molecule has 0 aliphatic carbocycles. The van der Waals surface area contributed by atoms with Crippen LogP contribution in [0.1, 0.15) is 38.8 Å². The Kier molecular flexibility index (Phi) is 8.82. The highest BCUT2D eigenvalue weighted by Crippen LogP contribution is 2.34. The molecular formula is C23H29F3N2O5S. The van der Waals surface area contributed by atoms with E-state index in [0.29, 0.717) is 18.2 Å². The predicted octanol–water partition coefficient (Wildman–Crippen LogP) is 5.06. The second-order valence-corrected chi connectivity index (χ2v) is 9.97. The summed E-state index contributed by atoms with van der Waals surface area (Å²) in [7, 11) is -3.29. The number of urea groups is 1. The number of nitrogens with zero attached hydrogens (tertiary/aromatic N) is 1. The van der Waals surface area contributed by atoms with Gasteiger partial charge in [-0.2, -0.15) is 21.6 Å². The Bertz CT molecular complexity index is 1100. The number of rotatable bonds is 9. The van der Waals surface area contributed by atoms with Crippen molar-refractivity contribution >= 4 is 16.1 Å². The molecule has 0 aliphatic heterocycles. The third-order valence-electron chi connectivity index (χ3n) is 4.54. The fourth-order valence-corrected chi connectivity index (χ4v) is 4.08. The standard InChI is InChI=1S/C23H29F3N2O5S/c1-15(2)13-28(22(29)27-16(3)4)14-17-9-10-20(32-5)21(11-17)33-34(30,31)19-8-6-7-18(12-19)23(24,25)26/h6-12,15-16H,13-14H2,1-5H3,(H,27,29). The van der Waals surface area contributed by atoms with E-state index < -0.39 is 26.8 Å². The van der Waals surface area contributed by atoms with Crippen molar-refractivity contribution in [1.29, 1.82) is 0 Å². The summed E-state index contributed by atoms with van der Waals surface area (Å²) in [5.74, 6) is 0.0423. The van der Waals surface area contributed by atoms with Crippen LogP contribution in [0.15, 0.2) is 47.4 Å². The summed E-state index contributed by atoms with van der Waals surface area (Å²) in [6.45, 7) is 8.19. The molecule has 188 valence electrons. The summed E-state index contributed by atoms with van der Waals surface area (Å²) < 4.78 is 74.9. The topological polar surface area (TPSA) is 84.9 Å². The van der Waals surface area contributed by atoms with Crippen LogP contribution in [0.2, 0.25) is 0 Å². The van der Waals surface area contributed by atoms with Gasteiger partial charge in [0.05, 0.1) is 12.7 Å². The number of hydrogen-bond donors (Lipinski definition) is 1. The van der Waals surface area contributed by atoms with E-state index in [4.69, 9.17) is 8.92 Å². The monoisotopic (exact) mass is 502 g/mol. The maximum absolute atomic E-state index is 13.0. The Labute approximate surface area is 198 Å². The van der Waals surface area contributed by atoms with E-state index >= 15 is 0 Å². The zero-order chi connectivity index (χ0) is 25.7. The molecule has 0 fully saturated rings. The van der Waals surface area contributed by atoms with Gasteiger partial charge >= 0.3 is 22.3 Å². The van der Waals surface area contributed by atoms with Crippen LogP contribution in [-0.4, -0.2) is 39.0 Å². The largest absolute Gasteiger partial charge is 0.493 e. The van der Waals surface area contributed by atoms with Crippen LogP contribution in [0.4, 0.5) is 18.0 Å².